The van der Waals surface area contributed by atoms with E-state index in [4.69, 9.17) is 10.4 Å². The maximum absolute atomic E-state index is 10.2. The molecule has 0 radical (unpaired) electrons. The predicted octanol–water partition coefficient (Wildman–Crippen LogP) is -0.252. The van der Waals surface area contributed by atoms with Crippen molar-refractivity contribution in [2.75, 3.05) is 14.1 Å². The van der Waals surface area contributed by atoms with E-state index in [1.165, 1.54) is 0 Å². The van der Waals surface area contributed by atoms with Crippen molar-refractivity contribution < 1.29 is 15.2 Å². The fourth-order valence-electron chi connectivity index (χ4n) is 0.209. The van der Waals surface area contributed by atoms with Gasteiger partial charge in [-0.2, -0.15) is 0 Å². The van der Waals surface area contributed by atoms with Crippen LogP contribution in [0, 0.1) is 0 Å². The fraction of sp³-hybridized carbons (Fsp3) is 0.667. The van der Waals surface area contributed by atoms with Gasteiger partial charge in [-0.25, -0.2) is 14.9 Å². The second-order valence-electron chi connectivity index (χ2n) is 1.33. The van der Waals surface area contributed by atoms with E-state index >= 15 is 0 Å². The first-order valence-electron chi connectivity index (χ1n) is 1.95. The van der Waals surface area contributed by atoms with Gasteiger partial charge in [0.1, 0.15) is 0 Å². The van der Waals surface area contributed by atoms with Crippen molar-refractivity contribution in [3.63, 3.8) is 0 Å². The first-order valence-corrected chi connectivity index (χ1v) is 1.95. The van der Waals surface area contributed by atoms with Gasteiger partial charge < -0.3 is 0 Å². The third-order valence-corrected chi connectivity index (χ3v) is 0.554. The van der Waals surface area contributed by atoms with Gasteiger partial charge in [0.05, 0.1) is 0 Å². The number of rotatable bonds is 0. The average Bonchev–Trinajstić information content (AvgIpc) is 1.64. The van der Waals surface area contributed by atoms with Gasteiger partial charge in [0, 0.05) is 14.1 Å². The van der Waals surface area contributed by atoms with Crippen LogP contribution >= 0.6 is 0 Å². The zero-order valence-electron chi connectivity index (χ0n) is 4.70. The van der Waals surface area contributed by atoms with Crippen molar-refractivity contribution in [2.24, 2.45) is 0 Å². The van der Waals surface area contributed by atoms with Crippen molar-refractivity contribution in [3.05, 3.63) is 0 Å². The molecule has 0 atom stereocenters. The highest BCUT2D eigenvalue weighted by molar-refractivity contribution is 5.70. The van der Waals surface area contributed by atoms with Gasteiger partial charge in [-0.1, -0.05) is 0 Å². The molecule has 0 aliphatic rings. The van der Waals surface area contributed by atoms with Gasteiger partial charge in [0.2, 0.25) is 0 Å². The molecule has 2 N–H and O–H groups in total. The summed E-state index contributed by atoms with van der Waals surface area (Å²) in [4.78, 5) is 10.2. The lowest BCUT2D eigenvalue weighted by atomic mass is 10.9. The lowest BCUT2D eigenvalue weighted by molar-refractivity contribution is -0.0932. The molecular weight excluding hydrogens is 112 g/mol. The van der Waals surface area contributed by atoms with Crippen molar-refractivity contribution in [1.82, 2.24) is 10.1 Å². The molecule has 0 rings (SSSR count). The van der Waals surface area contributed by atoms with Crippen LogP contribution < -0.4 is 0 Å². The quantitative estimate of drug-likeness (QED) is 0.342. The smallest absolute Gasteiger partial charge is 0.285 e. The maximum atomic E-state index is 10.2. The number of carbonyl (C=O) groups excluding carboxylic acids is 1. The minimum absolute atomic E-state index is 0.278. The van der Waals surface area contributed by atoms with E-state index in [1.54, 1.807) is 0 Å². The molecule has 8 heavy (non-hydrogen) atoms. The maximum Gasteiger partial charge on any atom is 0.366 e. The molecule has 0 aromatic heterocycles. The van der Waals surface area contributed by atoms with Gasteiger partial charge in [-0.3, -0.25) is 10.4 Å². The van der Waals surface area contributed by atoms with Crippen LogP contribution in [0.4, 0.5) is 4.79 Å². The Morgan fingerprint density at radius 3 is 1.50 bits per heavy atom. The van der Waals surface area contributed by atoms with Gasteiger partial charge in [-0.15, -0.1) is 0 Å². The van der Waals surface area contributed by atoms with Gasteiger partial charge in [-0.05, 0) is 0 Å². The molecule has 0 aromatic rings. The standard InChI is InChI=1S/C3H8N2O3/c1-4(7)3(6)5(2)8/h7-8H,1-2H3. The van der Waals surface area contributed by atoms with E-state index in [1.807, 2.05) is 0 Å². The van der Waals surface area contributed by atoms with Crippen LogP contribution in [0.2, 0.25) is 0 Å². The van der Waals surface area contributed by atoms with Crippen molar-refractivity contribution >= 4 is 6.03 Å². The third-order valence-electron chi connectivity index (χ3n) is 0.554. The molecule has 0 saturated heterocycles. The molecule has 0 aliphatic heterocycles. The Kier molecular flexibility index (Phi) is 2.23. The van der Waals surface area contributed by atoms with Crippen LogP contribution in [0.15, 0.2) is 0 Å². The summed E-state index contributed by atoms with van der Waals surface area (Å²) in [6.45, 7) is 0. The molecule has 0 bridgehead atoms. The van der Waals surface area contributed by atoms with Crippen LogP contribution in [0.1, 0.15) is 0 Å². The molecule has 0 aromatic carbocycles. The number of carbonyl (C=O) groups is 1. The molecule has 5 heteroatoms. The SMILES string of the molecule is CN(O)C(=O)N(C)O. The third kappa shape index (κ3) is 1.76. The number of hydrogen-bond donors (Lipinski definition) is 2. The molecule has 0 aliphatic carbocycles. The van der Waals surface area contributed by atoms with Crippen LogP contribution in [0.5, 0.6) is 0 Å². The highest BCUT2D eigenvalue weighted by Crippen LogP contribution is 1.82. The largest absolute Gasteiger partial charge is 0.366 e. The summed E-state index contributed by atoms with van der Waals surface area (Å²) >= 11 is 0. The van der Waals surface area contributed by atoms with Crippen LogP contribution in [0.3, 0.4) is 0 Å². The minimum Gasteiger partial charge on any atom is -0.285 e. The van der Waals surface area contributed by atoms with Gasteiger partial charge in [0.25, 0.3) is 0 Å². The number of hydrogen-bond acceptors (Lipinski definition) is 3. The topological polar surface area (TPSA) is 64.0 Å². The Bertz CT molecular complexity index is 80.5. The predicted molar refractivity (Wildman–Crippen MR) is 24.5 cm³/mol. The lowest BCUT2D eigenvalue weighted by Crippen LogP contribution is -2.34. The molecule has 0 unspecified atom stereocenters. The van der Waals surface area contributed by atoms with Crippen LogP contribution in [-0.4, -0.2) is 40.7 Å². The minimum atomic E-state index is -0.870. The van der Waals surface area contributed by atoms with E-state index in [0.29, 0.717) is 0 Å². The van der Waals surface area contributed by atoms with Crippen molar-refractivity contribution in [2.45, 2.75) is 0 Å². The summed E-state index contributed by atoms with van der Waals surface area (Å²) in [6, 6.07) is -0.870. The molecule has 0 fully saturated rings. The molecule has 0 heterocycles. The summed E-state index contributed by atoms with van der Waals surface area (Å²) < 4.78 is 0. The Hall–Kier alpha value is -0.810. The molecule has 48 valence electrons. The van der Waals surface area contributed by atoms with Crippen molar-refractivity contribution in [3.8, 4) is 0 Å². The summed E-state index contributed by atoms with van der Waals surface area (Å²) in [7, 11) is 2.24. The first kappa shape index (κ1) is 7.19. The second kappa shape index (κ2) is 2.49. The van der Waals surface area contributed by atoms with Crippen LogP contribution in [-0.2, 0) is 0 Å². The molecule has 2 amide bonds. The van der Waals surface area contributed by atoms with E-state index < -0.39 is 6.03 Å². The highest BCUT2D eigenvalue weighted by atomic mass is 16.6. The van der Waals surface area contributed by atoms with E-state index in [0.717, 1.165) is 14.1 Å². The summed E-state index contributed by atoms with van der Waals surface area (Å²) in [5, 5.41) is 17.1. The van der Waals surface area contributed by atoms with Crippen LogP contribution in [0.25, 0.3) is 0 Å². The highest BCUT2D eigenvalue weighted by Gasteiger charge is 2.07. The normalized spacial score (nSPS) is 8.50. The lowest BCUT2D eigenvalue weighted by Gasteiger charge is -2.12. The van der Waals surface area contributed by atoms with Gasteiger partial charge >= 0.3 is 6.03 Å². The Morgan fingerprint density at radius 2 is 1.50 bits per heavy atom. The average molecular weight is 120 g/mol. The number of urea groups is 1. The van der Waals surface area contributed by atoms with Crippen molar-refractivity contribution in [1.29, 1.82) is 0 Å². The molecular formula is C3H8N2O3. The molecule has 0 saturated carbocycles. The zero-order valence-corrected chi connectivity index (χ0v) is 4.70. The number of hydroxylamine groups is 4. The van der Waals surface area contributed by atoms with E-state index in [2.05, 4.69) is 0 Å². The summed E-state index contributed by atoms with van der Waals surface area (Å²) in [6.07, 6.45) is 0. The summed E-state index contributed by atoms with van der Waals surface area (Å²) in [5.74, 6) is 0. The molecule has 0 spiro atoms. The number of amides is 2. The Labute approximate surface area is 46.6 Å². The Morgan fingerprint density at radius 1 is 1.25 bits per heavy atom. The Balaban J connectivity index is 3.65. The zero-order chi connectivity index (χ0) is 6.73. The monoisotopic (exact) mass is 120 g/mol. The van der Waals surface area contributed by atoms with Gasteiger partial charge in [0.15, 0.2) is 0 Å². The van der Waals surface area contributed by atoms with E-state index in [-0.39, 0.29) is 10.1 Å². The van der Waals surface area contributed by atoms with E-state index in [9.17, 15) is 4.79 Å². The second-order valence-corrected chi connectivity index (χ2v) is 1.33. The molecule has 5 nitrogen and oxygen atoms in total. The first-order chi connectivity index (χ1) is 3.55. The number of nitrogens with zero attached hydrogens (tertiary/aromatic N) is 2. The summed E-state index contributed by atoms with van der Waals surface area (Å²) in [5.41, 5.74) is 0. The fourth-order valence-corrected chi connectivity index (χ4v) is 0.209.